The minimum atomic E-state index is 0.174. The molecule has 0 saturated carbocycles. The molecule has 0 unspecified atom stereocenters. The van der Waals surface area contributed by atoms with E-state index in [0.29, 0.717) is 19.5 Å². The molecule has 1 amide bonds. The molecule has 2 aliphatic heterocycles. The predicted octanol–water partition coefficient (Wildman–Crippen LogP) is 3.07. The van der Waals surface area contributed by atoms with Crippen molar-refractivity contribution in [3.63, 3.8) is 0 Å². The van der Waals surface area contributed by atoms with Crippen LogP contribution in [0.1, 0.15) is 11.1 Å². The molecule has 3 heterocycles. The van der Waals surface area contributed by atoms with Crippen LogP contribution in [0, 0.1) is 6.92 Å². The minimum Gasteiger partial charge on any atom is -0.454 e. The SMILES string of the molecule is Cc1ccc(CC(=O)N2CCN(c3ccc(-c4ccc5c(c4)OCO5)nn3)CC2)cc1. The van der Waals surface area contributed by atoms with Gasteiger partial charge in [-0.05, 0) is 42.8 Å². The molecular weight excluding hydrogens is 392 g/mol. The fourth-order valence-corrected chi connectivity index (χ4v) is 3.88. The van der Waals surface area contributed by atoms with Gasteiger partial charge < -0.3 is 19.3 Å². The topological polar surface area (TPSA) is 67.8 Å². The molecular formula is C24H24N4O3. The molecule has 1 fully saturated rings. The highest BCUT2D eigenvalue weighted by molar-refractivity contribution is 5.79. The maximum absolute atomic E-state index is 12.6. The summed E-state index contributed by atoms with van der Waals surface area (Å²) in [7, 11) is 0. The lowest BCUT2D eigenvalue weighted by Gasteiger charge is -2.35. The zero-order valence-electron chi connectivity index (χ0n) is 17.5. The highest BCUT2D eigenvalue weighted by Crippen LogP contribution is 2.35. The number of amides is 1. The molecule has 1 saturated heterocycles. The number of hydrogen-bond acceptors (Lipinski definition) is 6. The number of carbonyl (C=O) groups is 1. The van der Waals surface area contributed by atoms with Crippen LogP contribution < -0.4 is 14.4 Å². The van der Waals surface area contributed by atoms with Crippen LogP contribution in [0.4, 0.5) is 5.82 Å². The molecule has 0 spiro atoms. The van der Waals surface area contributed by atoms with E-state index in [1.807, 2.05) is 59.5 Å². The summed E-state index contributed by atoms with van der Waals surface area (Å²) < 4.78 is 10.8. The number of anilines is 1. The Morgan fingerprint density at radius 1 is 0.903 bits per heavy atom. The molecule has 158 valence electrons. The first kappa shape index (κ1) is 19.4. The van der Waals surface area contributed by atoms with Crippen molar-refractivity contribution in [2.24, 2.45) is 0 Å². The van der Waals surface area contributed by atoms with E-state index in [1.54, 1.807) is 0 Å². The third-order valence-electron chi connectivity index (χ3n) is 5.75. The molecule has 5 rings (SSSR count). The summed E-state index contributed by atoms with van der Waals surface area (Å²) in [4.78, 5) is 16.7. The summed E-state index contributed by atoms with van der Waals surface area (Å²) in [5.74, 6) is 2.49. The monoisotopic (exact) mass is 416 g/mol. The van der Waals surface area contributed by atoms with E-state index >= 15 is 0 Å². The smallest absolute Gasteiger partial charge is 0.231 e. The van der Waals surface area contributed by atoms with E-state index in [4.69, 9.17) is 9.47 Å². The molecule has 0 bridgehead atoms. The number of aromatic nitrogens is 2. The van der Waals surface area contributed by atoms with E-state index in [0.717, 1.165) is 47.2 Å². The normalized spacial score (nSPS) is 15.3. The second kappa shape index (κ2) is 8.26. The second-order valence-corrected chi connectivity index (χ2v) is 7.88. The van der Waals surface area contributed by atoms with Gasteiger partial charge in [-0.2, -0.15) is 0 Å². The lowest BCUT2D eigenvalue weighted by molar-refractivity contribution is -0.130. The van der Waals surface area contributed by atoms with E-state index in [-0.39, 0.29) is 12.7 Å². The molecule has 3 aromatic rings. The van der Waals surface area contributed by atoms with Gasteiger partial charge in [0.1, 0.15) is 0 Å². The van der Waals surface area contributed by atoms with Crippen molar-refractivity contribution in [2.45, 2.75) is 13.3 Å². The van der Waals surface area contributed by atoms with Gasteiger partial charge in [-0.1, -0.05) is 29.8 Å². The van der Waals surface area contributed by atoms with Crippen LogP contribution in [0.3, 0.4) is 0 Å². The van der Waals surface area contributed by atoms with Crippen molar-refractivity contribution in [1.29, 1.82) is 0 Å². The van der Waals surface area contributed by atoms with Crippen molar-refractivity contribution in [1.82, 2.24) is 15.1 Å². The lowest BCUT2D eigenvalue weighted by Crippen LogP contribution is -2.49. The largest absolute Gasteiger partial charge is 0.454 e. The number of fused-ring (bicyclic) bond motifs is 1. The van der Waals surface area contributed by atoms with Crippen molar-refractivity contribution in [3.8, 4) is 22.8 Å². The first-order valence-electron chi connectivity index (χ1n) is 10.5. The molecule has 7 nitrogen and oxygen atoms in total. The van der Waals surface area contributed by atoms with Crippen molar-refractivity contribution in [3.05, 3.63) is 65.7 Å². The van der Waals surface area contributed by atoms with Gasteiger partial charge in [0.15, 0.2) is 17.3 Å². The number of benzene rings is 2. The average molecular weight is 416 g/mol. The van der Waals surface area contributed by atoms with Gasteiger partial charge in [0, 0.05) is 31.7 Å². The van der Waals surface area contributed by atoms with Gasteiger partial charge in [-0.3, -0.25) is 4.79 Å². The summed E-state index contributed by atoms with van der Waals surface area (Å²) in [6.45, 7) is 5.18. The molecule has 1 aromatic heterocycles. The Morgan fingerprint density at radius 3 is 2.42 bits per heavy atom. The molecule has 0 atom stereocenters. The summed E-state index contributed by atoms with van der Waals surface area (Å²) in [5.41, 5.74) is 3.99. The van der Waals surface area contributed by atoms with Crippen LogP contribution >= 0.6 is 0 Å². The summed E-state index contributed by atoms with van der Waals surface area (Å²) in [5, 5.41) is 8.82. The van der Waals surface area contributed by atoms with Gasteiger partial charge >= 0.3 is 0 Å². The Labute approximate surface area is 181 Å². The fourth-order valence-electron chi connectivity index (χ4n) is 3.88. The first-order valence-corrected chi connectivity index (χ1v) is 10.5. The number of piperazine rings is 1. The maximum atomic E-state index is 12.6. The second-order valence-electron chi connectivity index (χ2n) is 7.88. The van der Waals surface area contributed by atoms with Crippen LogP contribution in [0.2, 0.25) is 0 Å². The van der Waals surface area contributed by atoms with Gasteiger partial charge in [-0.15, -0.1) is 10.2 Å². The number of hydrogen-bond donors (Lipinski definition) is 0. The highest BCUT2D eigenvalue weighted by Gasteiger charge is 2.22. The van der Waals surface area contributed by atoms with Crippen LogP contribution in [-0.4, -0.2) is 54.0 Å². The van der Waals surface area contributed by atoms with Crippen molar-refractivity contribution < 1.29 is 14.3 Å². The molecule has 7 heteroatoms. The number of nitrogens with zero attached hydrogens (tertiary/aromatic N) is 4. The van der Waals surface area contributed by atoms with Crippen molar-refractivity contribution in [2.75, 3.05) is 37.9 Å². The number of ether oxygens (including phenoxy) is 2. The highest BCUT2D eigenvalue weighted by atomic mass is 16.7. The Bertz CT molecular complexity index is 1070. The molecule has 2 aromatic carbocycles. The molecule has 31 heavy (non-hydrogen) atoms. The summed E-state index contributed by atoms with van der Waals surface area (Å²) >= 11 is 0. The summed E-state index contributed by atoms with van der Waals surface area (Å²) in [6, 6.07) is 17.9. The Morgan fingerprint density at radius 2 is 1.68 bits per heavy atom. The first-order chi connectivity index (χ1) is 15.2. The van der Waals surface area contributed by atoms with E-state index in [1.165, 1.54) is 5.56 Å². The van der Waals surface area contributed by atoms with Gasteiger partial charge in [0.05, 0.1) is 12.1 Å². The fraction of sp³-hybridized carbons (Fsp3) is 0.292. The third-order valence-corrected chi connectivity index (χ3v) is 5.75. The zero-order chi connectivity index (χ0) is 21.2. The number of rotatable bonds is 4. The molecule has 2 aliphatic rings. The Hall–Kier alpha value is -3.61. The molecule has 0 aliphatic carbocycles. The van der Waals surface area contributed by atoms with Gasteiger partial charge in [0.25, 0.3) is 0 Å². The summed E-state index contributed by atoms with van der Waals surface area (Å²) in [6.07, 6.45) is 0.449. The Balaban J connectivity index is 1.19. The molecule has 0 N–H and O–H groups in total. The number of carbonyl (C=O) groups excluding carboxylic acids is 1. The third kappa shape index (κ3) is 4.17. The van der Waals surface area contributed by atoms with E-state index in [9.17, 15) is 4.79 Å². The van der Waals surface area contributed by atoms with Gasteiger partial charge in [0.2, 0.25) is 12.7 Å². The van der Waals surface area contributed by atoms with Crippen LogP contribution in [0.5, 0.6) is 11.5 Å². The zero-order valence-corrected chi connectivity index (χ0v) is 17.5. The average Bonchev–Trinajstić information content (AvgIpc) is 3.29. The maximum Gasteiger partial charge on any atom is 0.231 e. The lowest BCUT2D eigenvalue weighted by atomic mass is 10.1. The standard InChI is InChI=1S/C24H24N4O3/c1-17-2-4-18(5-3-17)14-24(29)28-12-10-27(11-13-28)23-9-7-20(25-26-23)19-6-8-21-22(15-19)31-16-30-21/h2-9,15H,10-14,16H2,1H3. The van der Waals surface area contributed by atoms with Crippen LogP contribution in [0.25, 0.3) is 11.3 Å². The van der Waals surface area contributed by atoms with Crippen LogP contribution in [-0.2, 0) is 11.2 Å². The number of aryl methyl sites for hydroxylation is 1. The minimum absolute atomic E-state index is 0.174. The van der Waals surface area contributed by atoms with Crippen molar-refractivity contribution >= 4 is 11.7 Å². The van der Waals surface area contributed by atoms with E-state index < -0.39 is 0 Å². The van der Waals surface area contributed by atoms with E-state index in [2.05, 4.69) is 22.0 Å². The van der Waals surface area contributed by atoms with Crippen LogP contribution in [0.15, 0.2) is 54.6 Å². The van der Waals surface area contributed by atoms with Gasteiger partial charge in [-0.25, -0.2) is 0 Å². The Kier molecular flexibility index (Phi) is 5.16. The quantitative estimate of drug-likeness (QED) is 0.651. The predicted molar refractivity (Wildman–Crippen MR) is 117 cm³/mol. The molecule has 0 radical (unpaired) electrons.